The van der Waals surface area contributed by atoms with Crippen LogP contribution in [0.4, 0.5) is 0 Å². The Balaban J connectivity index is 2.40. The van der Waals surface area contributed by atoms with E-state index < -0.39 is 22.4 Å². The molecule has 2 rings (SSSR count). The van der Waals surface area contributed by atoms with E-state index in [1.807, 2.05) is 20.8 Å². The van der Waals surface area contributed by atoms with Gasteiger partial charge in [0.2, 0.25) is 5.60 Å². The average molecular weight is 240 g/mol. The molecule has 0 aromatic rings. The molecule has 2 unspecified atom stereocenters. The van der Waals surface area contributed by atoms with E-state index in [-0.39, 0.29) is 12.1 Å². The average Bonchev–Trinajstić information content (AvgIpc) is 2.47. The van der Waals surface area contributed by atoms with Crippen LogP contribution in [0.5, 0.6) is 0 Å². The zero-order valence-corrected chi connectivity index (χ0v) is 11.1. The van der Waals surface area contributed by atoms with Gasteiger partial charge in [0.1, 0.15) is 0 Å². The molecule has 2 bridgehead atoms. The van der Waals surface area contributed by atoms with Gasteiger partial charge in [-0.3, -0.25) is 4.79 Å². The van der Waals surface area contributed by atoms with Crippen LogP contribution in [0.3, 0.4) is 0 Å². The van der Waals surface area contributed by atoms with Crippen LogP contribution in [-0.2, 0) is 19.1 Å². The lowest BCUT2D eigenvalue weighted by atomic mass is 9.66. The highest BCUT2D eigenvalue weighted by atomic mass is 16.6. The van der Waals surface area contributed by atoms with E-state index in [1.165, 1.54) is 0 Å². The van der Waals surface area contributed by atoms with Crippen LogP contribution in [0.1, 0.15) is 47.5 Å². The molecule has 0 N–H and O–H groups in total. The zero-order chi connectivity index (χ0) is 13.1. The van der Waals surface area contributed by atoms with Gasteiger partial charge in [-0.15, -0.1) is 0 Å². The summed E-state index contributed by atoms with van der Waals surface area (Å²) in [4.78, 5) is 24.2. The first-order chi connectivity index (χ1) is 7.67. The van der Waals surface area contributed by atoms with Crippen molar-refractivity contribution < 1.29 is 19.1 Å². The van der Waals surface area contributed by atoms with Crippen LogP contribution in [-0.4, -0.2) is 23.6 Å². The number of esters is 2. The molecule has 4 heteroatoms. The molecule has 4 nitrogen and oxygen atoms in total. The second-order valence-corrected chi connectivity index (χ2v) is 6.13. The van der Waals surface area contributed by atoms with Crippen LogP contribution < -0.4 is 0 Å². The van der Waals surface area contributed by atoms with Gasteiger partial charge in [0.15, 0.2) is 0 Å². The summed E-state index contributed by atoms with van der Waals surface area (Å²) < 4.78 is 10.7. The lowest BCUT2D eigenvalue weighted by Crippen LogP contribution is -2.49. The summed E-state index contributed by atoms with van der Waals surface area (Å²) in [5, 5.41) is 0. The maximum absolute atomic E-state index is 12.2. The molecular weight excluding hydrogens is 220 g/mol. The fourth-order valence-corrected chi connectivity index (χ4v) is 3.01. The van der Waals surface area contributed by atoms with Gasteiger partial charge in [-0.25, -0.2) is 4.79 Å². The fourth-order valence-electron chi connectivity index (χ4n) is 3.01. The summed E-state index contributed by atoms with van der Waals surface area (Å²) in [5.41, 5.74) is -2.16. The minimum Gasteiger partial charge on any atom is -0.460 e. The van der Waals surface area contributed by atoms with E-state index in [2.05, 4.69) is 0 Å². The van der Waals surface area contributed by atoms with E-state index >= 15 is 0 Å². The molecule has 0 spiro atoms. The predicted molar refractivity (Wildman–Crippen MR) is 61.2 cm³/mol. The lowest BCUT2D eigenvalue weighted by Gasteiger charge is -2.34. The Morgan fingerprint density at radius 1 is 1.29 bits per heavy atom. The van der Waals surface area contributed by atoms with E-state index in [0.29, 0.717) is 12.8 Å². The molecule has 2 fully saturated rings. The number of hydrogen-bond acceptors (Lipinski definition) is 4. The number of ether oxygens (including phenoxy) is 2. The molecule has 0 amide bonds. The van der Waals surface area contributed by atoms with Gasteiger partial charge in [0, 0.05) is 5.41 Å². The smallest absolute Gasteiger partial charge is 0.351 e. The van der Waals surface area contributed by atoms with Crippen molar-refractivity contribution in [1.82, 2.24) is 0 Å². The van der Waals surface area contributed by atoms with Gasteiger partial charge in [0.25, 0.3) is 0 Å². The third-order valence-electron chi connectivity index (χ3n) is 4.76. The summed E-state index contributed by atoms with van der Waals surface area (Å²) in [6, 6.07) is 0. The first-order valence-corrected chi connectivity index (χ1v) is 6.12. The topological polar surface area (TPSA) is 52.6 Å². The number of carbonyl (C=O) groups excluding carboxylic acids is 2. The van der Waals surface area contributed by atoms with E-state index in [4.69, 9.17) is 9.47 Å². The fraction of sp³-hybridized carbons (Fsp3) is 0.846. The van der Waals surface area contributed by atoms with E-state index in [0.717, 1.165) is 0 Å². The summed E-state index contributed by atoms with van der Waals surface area (Å²) in [7, 11) is 0. The van der Waals surface area contributed by atoms with Crippen molar-refractivity contribution in [3.63, 3.8) is 0 Å². The molecular formula is C13H20O4. The molecule has 0 aromatic carbocycles. The van der Waals surface area contributed by atoms with Gasteiger partial charge in [-0.2, -0.15) is 0 Å². The first kappa shape index (κ1) is 12.4. The lowest BCUT2D eigenvalue weighted by molar-refractivity contribution is -0.186. The number of fused-ring (bicyclic) bond motifs is 2. The van der Waals surface area contributed by atoms with Gasteiger partial charge in [-0.05, 0) is 33.6 Å². The van der Waals surface area contributed by atoms with Crippen molar-refractivity contribution in [2.45, 2.75) is 59.2 Å². The summed E-state index contributed by atoms with van der Waals surface area (Å²) in [5.74, 6) is -0.665. The highest BCUT2D eigenvalue weighted by Crippen LogP contribution is 2.65. The SMILES string of the molecule is CC(C)OC(=O)C12CCC(C)(C(=O)O1)C2(C)C. The Labute approximate surface area is 102 Å². The first-order valence-electron chi connectivity index (χ1n) is 6.12. The zero-order valence-electron chi connectivity index (χ0n) is 11.1. The van der Waals surface area contributed by atoms with E-state index in [9.17, 15) is 9.59 Å². The quantitative estimate of drug-likeness (QED) is 0.693. The molecule has 1 saturated heterocycles. The molecule has 0 aromatic heterocycles. The normalized spacial score (nSPS) is 38.4. The Bertz CT molecular complexity index is 385. The maximum atomic E-state index is 12.2. The van der Waals surface area contributed by atoms with E-state index in [1.54, 1.807) is 13.8 Å². The molecule has 1 aliphatic heterocycles. The summed E-state index contributed by atoms with van der Waals surface area (Å²) >= 11 is 0. The predicted octanol–water partition coefficient (Wildman–Crippen LogP) is 2.06. The van der Waals surface area contributed by atoms with Gasteiger partial charge in [0.05, 0.1) is 11.5 Å². The second kappa shape index (κ2) is 3.24. The molecule has 1 saturated carbocycles. The van der Waals surface area contributed by atoms with Gasteiger partial charge in [-0.1, -0.05) is 13.8 Å². The largest absolute Gasteiger partial charge is 0.460 e. The standard InChI is InChI=1S/C13H20O4/c1-8(2)16-10(15)13-7-6-12(5,9(14)17-13)11(13,3)4/h8H,6-7H2,1-5H3. The number of carbonyl (C=O) groups is 2. The molecule has 1 aliphatic carbocycles. The Morgan fingerprint density at radius 2 is 1.88 bits per heavy atom. The molecule has 1 heterocycles. The highest BCUT2D eigenvalue weighted by Gasteiger charge is 2.76. The van der Waals surface area contributed by atoms with Crippen molar-refractivity contribution in [2.24, 2.45) is 10.8 Å². The summed E-state index contributed by atoms with van der Waals surface area (Å²) in [6.45, 7) is 9.32. The third kappa shape index (κ3) is 1.24. The Morgan fingerprint density at radius 3 is 2.24 bits per heavy atom. The van der Waals surface area contributed by atoms with Crippen LogP contribution in [0, 0.1) is 10.8 Å². The van der Waals surface area contributed by atoms with Crippen molar-refractivity contribution >= 4 is 11.9 Å². The van der Waals surface area contributed by atoms with Gasteiger partial charge < -0.3 is 9.47 Å². The minimum absolute atomic E-state index is 0.196. The maximum Gasteiger partial charge on any atom is 0.351 e. The number of hydrogen-bond donors (Lipinski definition) is 0. The van der Waals surface area contributed by atoms with Gasteiger partial charge >= 0.3 is 11.9 Å². The molecule has 17 heavy (non-hydrogen) atoms. The monoisotopic (exact) mass is 240 g/mol. The molecule has 2 aliphatic rings. The molecule has 0 radical (unpaired) electrons. The highest BCUT2D eigenvalue weighted by molar-refractivity contribution is 5.93. The van der Waals surface area contributed by atoms with Crippen LogP contribution in [0.15, 0.2) is 0 Å². The molecule has 96 valence electrons. The Kier molecular flexibility index (Phi) is 2.36. The second-order valence-electron chi connectivity index (χ2n) is 6.13. The van der Waals surface area contributed by atoms with Crippen LogP contribution in [0.2, 0.25) is 0 Å². The summed E-state index contributed by atoms with van der Waals surface area (Å²) in [6.07, 6.45) is 1.05. The third-order valence-corrected chi connectivity index (χ3v) is 4.76. The molecule has 2 atom stereocenters. The minimum atomic E-state index is -1.08. The number of rotatable bonds is 2. The van der Waals surface area contributed by atoms with Crippen molar-refractivity contribution in [3.05, 3.63) is 0 Å². The van der Waals surface area contributed by atoms with Crippen LogP contribution in [0.25, 0.3) is 0 Å². The van der Waals surface area contributed by atoms with Crippen molar-refractivity contribution in [3.8, 4) is 0 Å². The van der Waals surface area contributed by atoms with Crippen molar-refractivity contribution in [2.75, 3.05) is 0 Å². The van der Waals surface area contributed by atoms with Crippen molar-refractivity contribution in [1.29, 1.82) is 0 Å². The Hall–Kier alpha value is -1.06. The van der Waals surface area contributed by atoms with Crippen LogP contribution >= 0.6 is 0 Å².